The molecule has 0 spiro atoms. The zero-order valence-electron chi connectivity index (χ0n) is 10.1. The number of hydrogen-bond acceptors (Lipinski definition) is 4. The summed E-state index contributed by atoms with van der Waals surface area (Å²) >= 11 is 16.7. The summed E-state index contributed by atoms with van der Waals surface area (Å²) in [5.41, 5.74) is 0. The minimum absolute atomic E-state index is 0.00645. The number of carbonyl (C=O) groups excluding carboxylic acids is 2. The second-order valence-electron chi connectivity index (χ2n) is 4.16. The Balaban J connectivity index is 2.74. The van der Waals surface area contributed by atoms with E-state index < -0.39 is 29.9 Å². The zero-order valence-corrected chi connectivity index (χ0v) is 12.3. The largest absolute Gasteiger partial charge is 0.550 e. The van der Waals surface area contributed by atoms with Crippen LogP contribution in [0.3, 0.4) is 0 Å². The summed E-state index contributed by atoms with van der Waals surface area (Å²) < 4.78 is 4.88. The van der Waals surface area contributed by atoms with E-state index in [2.05, 4.69) is 0 Å². The lowest BCUT2D eigenvalue weighted by Gasteiger charge is -2.28. The zero-order chi connectivity index (χ0) is 14.6. The van der Waals surface area contributed by atoms with Crippen molar-refractivity contribution in [3.63, 3.8) is 0 Å². The first-order chi connectivity index (χ1) is 8.84. The van der Waals surface area contributed by atoms with Gasteiger partial charge in [0.05, 0.1) is 11.0 Å². The number of allylic oxidation sites excluding steroid dienone is 2. The molecule has 0 aromatic rings. The fourth-order valence-electron chi connectivity index (χ4n) is 1.80. The lowest BCUT2D eigenvalue weighted by atomic mass is 9.83. The third kappa shape index (κ3) is 4.41. The number of aliphatic carboxylic acids is 1. The molecule has 3 atom stereocenters. The van der Waals surface area contributed by atoms with Crippen LogP contribution in [-0.2, 0) is 14.3 Å². The van der Waals surface area contributed by atoms with E-state index in [4.69, 9.17) is 39.5 Å². The number of rotatable bonds is 4. The van der Waals surface area contributed by atoms with Gasteiger partial charge in [-0.05, 0) is 19.8 Å². The third-order valence-corrected chi connectivity index (χ3v) is 3.97. The fraction of sp³-hybridized carbons (Fsp3) is 0.500. The summed E-state index contributed by atoms with van der Waals surface area (Å²) in [6.07, 6.45) is 3.15. The molecular weight excluding hydrogens is 314 g/mol. The fourth-order valence-corrected chi connectivity index (χ4v) is 2.15. The molecule has 0 unspecified atom stereocenters. The molecule has 0 aromatic heterocycles. The molecule has 4 nitrogen and oxygen atoms in total. The van der Waals surface area contributed by atoms with Gasteiger partial charge in [-0.3, -0.25) is 4.79 Å². The quantitative estimate of drug-likeness (QED) is 0.586. The Bertz CT molecular complexity index is 427. The van der Waals surface area contributed by atoms with Gasteiger partial charge in [-0.15, -0.1) is 0 Å². The molecule has 1 rings (SSSR count). The maximum absolute atomic E-state index is 11.9. The molecule has 1 aliphatic rings. The number of esters is 1. The van der Waals surface area contributed by atoms with E-state index in [1.54, 1.807) is 12.2 Å². The Hall–Kier alpha value is -0.710. The Morgan fingerprint density at radius 2 is 1.74 bits per heavy atom. The van der Waals surface area contributed by atoms with Crippen LogP contribution in [-0.4, -0.2) is 18.0 Å². The minimum Gasteiger partial charge on any atom is -0.550 e. The maximum atomic E-state index is 11.9. The first kappa shape index (κ1) is 16.3. The van der Waals surface area contributed by atoms with Crippen LogP contribution in [0.5, 0.6) is 0 Å². The molecule has 0 bridgehead atoms. The highest BCUT2D eigenvalue weighted by Gasteiger charge is 2.32. The molecular formula is C12H12Cl3O4-. The van der Waals surface area contributed by atoms with Crippen molar-refractivity contribution >= 4 is 46.7 Å². The van der Waals surface area contributed by atoms with Crippen molar-refractivity contribution in [2.45, 2.75) is 25.9 Å². The highest BCUT2D eigenvalue weighted by Crippen LogP contribution is 2.29. The number of carboxylic acid groups (broad SMARTS) is 1. The van der Waals surface area contributed by atoms with Crippen molar-refractivity contribution in [1.82, 2.24) is 0 Å². The summed E-state index contributed by atoms with van der Waals surface area (Å²) in [5, 5.41) is 11.0. The molecule has 0 heterocycles. The number of halogens is 3. The van der Waals surface area contributed by atoms with Gasteiger partial charge in [-0.1, -0.05) is 47.0 Å². The number of carbonyl (C=O) groups is 2. The highest BCUT2D eigenvalue weighted by molar-refractivity contribution is 6.59. The molecule has 106 valence electrons. The predicted octanol–water partition coefficient (Wildman–Crippen LogP) is 2.14. The molecule has 19 heavy (non-hydrogen) atoms. The van der Waals surface area contributed by atoms with E-state index in [1.165, 1.54) is 6.92 Å². The van der Waals surface area contributed by atoms with E-state index in [1.807, 2.05) is 0 Å². The smallest absolute Gasteiger partial charge is 0.310 e. The summed E-state index contributed by atoms with van der Waals surface area (Å²) in [5.74, 6) is -3.59. The first-order valence-electron chi connectivity index (χ1n) is 5.61. The van der Waals surface area contributed by atoms with Crippen LogP contribution >= 0.6 is 34.8 Å². The van der Waals surface area contributed by atoms with E-state index in [0.29, 0.717) is 6.42 Å². The second-order valence-corrected chi connectivity index (χ2v) is 5.52. The van der Waals surface area contributed by atoms with Crippen molar-refractivity contribution in [3.8, 4) is 0 Å². The maximum Gasteiger partial charge on any atom is 0.310 e. The first-order valence-corrected chi connectivity index (χ1v) is 6.75. The SMILES string of the molecule is C[C@@H](OC(=O)[C@@H]1CC=CC[C@@H]1C(=O)[O-])C(Cl)=C(Cl)Cl. The van der Waals surface area contributed by atoms with Crippen LogP contribution in [0.2, 0.25) is 0 Å². The van der Waals surface area contributed by atoms with Crippen LogP contribution in [0.15, 0.2) is 21.7 Å². The average Bonchev–Trinajstić information content (AvgIpc) is 2.37. The van der Waals surface area contributed by atoms with E-state index >= 15 is 0 Å². The molecule has 0 saturated carbocycles. The van der Waals surface area contributed by atoms with Gasteiger partial charge in [0, 0.05) is 11.9 Å². The topological polar surface area (TPSA) is 66.4 Å². The van der Waals surface area contributed by atoms with Crippen molar-refractivity contribution < 1.29 is 19.4 Å². The van der Waals surface area contributed by atoms with Crippen LogP contribution in [0.4, 0.5) is 0 Å². The van der Waals surface area contributed by atoms with E-state index in [9.17, 15) is 14.7 Å². The Kier molecular flexibility index (Phi) is 6.17. The van der Waals surface area contributed by atoms with Gasteiger partial charge in [0.2, 0.25) is 0 Å². The Morgan fingerprint density at radius 1 is 1.21 bits per heavy atom. The molecule has 1 aliphatic carbocycles. The van der Waals surface area contributed by atoms with Crippen LogP contribution in [0.25, 0.3) is 0 Å². The normalized spacial score (nSPS) is 23.6. The molecule has 0 amide bonds. The van der Waals surface area contributed by atoms with Gasteiger partial charge in [0.1, 0.15) is 10.6 Å². The molecule has 7 heteroatoms. The summed E-state index contributed by atoms with van der Waals surface area (Å²) in [4.78, 5) is 22.9. The minimum atomic E-state index is -1.27. The molecule has 0 radical (unpaired) electrons. The number of hydrogen-bond donors (Lipinski definition) is 0. The summed E-state index contributed by atoms with van der Waals surface area (Å²) in [6.45, 7) is 1.50. The molecule has 0 aromatic carbocycles. The van der Waals surface area contributed by atoms with Crippen molar-refractivity contribution in [2.75, 3.05) is 0 Å². The van der Waals surface area contributed by atoms with Crippen LogP contribution < -0.4 is 5.11 Å². The van der Waals surface area contributed by atoms with Crippen molar-refractivity contribution in [1.29, 1.82) is 0 Å². The molecule has 0 aliphatic heterocycles. The van der Waals surface area contributed by atoms with Gasteiger partial charge >= 0.3 is 5.97 Å². The standard InChI is InChI=1S/C12H13Cl3O4/c1-6(9(13)10(14)15)19-12(18)8-5-3-2-4-7(8)11(16)17/h2-3,6-8H,4-5H2,1H3,(H,16,17)/p-1/t6-,7+,8-/m1/s1. The number of ether oxygens (including phenoxy) is 1. The van der Waals surface area contributed by atoms with Crippen LogP contribution in [0.1, 0.15) is 19.8 Å². The molecule has 0 saturated heterocycles. The van der Waals surface area contributed by atoms with E-state index in [0.717, 1.165) is 0 Å². The van der Waals surface area contributed by atoms with E-state index in [-0.39, 0.29) is 15.9 Å². The van der Waals surface area contributed by atoms with Crippen molar-refractivity contribution in [3.05, 3.63) is 21.7 Å². The lowest BCUT2D eigenvalue weighted by Crippen LogP contribution is -2.41. The Morgan fingerprint density at radius 3 is 2.21 bits per heavy atom. The molecule has 0 N–H and O–H groups in total. The third-order valence-electron chi connectivity index (χ3n) is 2.87. The van der Waals surface area contributed by atoms with Gasteiger partial charge < -0.3 is 14.6 Å². The number of carboxylic acids is 1. The van der Waals surface area contributed by atoms with Crippen molar-refractivity contribution in [2.24, 2.45) is 11.8 Å². The summed E-state index contributed by atoms with van der Waals surface area (Å²) in [6, 6.07) is 0. The van der Waals surface area contributed by atoms with Gasteiger partial charge in [0.15, 0.2) is 0 Å². The Labute approximate surface area is 126 Å². The van der Waals surface area contributed by atoms with Gasteiger partial charge in [-0.2, -0.15) is 0 Å². The second kappa shape index (κ2) is 7.17. The highest BCUT2D eigenvalue weighted by atomic mass is 35.5. The predicted molar refractivity (Wildman–Crippen MR) is 70.5 cm³/mol. The van der Waals surface area contributed by atoms with Gasteiger partial charge in [0.25, 0.3) is 0 Å². The van der Waals surface area contributed by atoms with Gasteiger partial charge in [-0.25, -0.2) is 0 Å². The summed E-state index contributed by atoms with van der Waals surface area (Å²) in [7, 11) is 0. The molecule has 0 fully saturated rings. The average molecular weight is 327 g/mol. The van der Waals surface area contributed by atoms with Crippen LogP contribution in [0, 0.1) is 11.8 Å². The lowest BCUT2D eigenvalue weighted by molar-refractivity contribution is -0.313. The monoisotopic (exact) mass is 325 g/mol.